The molecule has 0 aliphatic rings. The fraction of sp³-hybridized carbons (Fsp3) is 0.294. The molecule has 0 aliphatic carbocycles. The fourth-order valence-corrected chi connectivity index (χ4v) is 2.59. The molecule has 0 unspecified atom stereocenters. The third-order valence-corrected chi connectivity index (χ3v) is 4.06. The van der Waals surface area contributed by atoms with Gasteiger partial charge in [-0.15, -0.1) is 0 Å². The molecule has 2 rings (SSSR count). The first-order valence-electron chi connectivity index (χ1n) is 7.50. The van der Waals surface area contributed by atoms with Crippen molar-refractivity contribution in [1.29, 1.82) is 0 Å². The summed E-state index contributed by atoms with van der Waals surface area (Å²) >= 11 is 12.0. The van der Waals surface area contributed by atoms with Gasteiger partial charge in [-0.25, -0.2) is 9.37 Å². The van der Waals surface area contributed by atoms with Crippen LogP contribution in [-0.4, -0.2) is 31.1 Å². The maximum Gasteiger partial charge on any atom is 0.208 e. The Morgan fingerprint density at radius 3 is 2.72 bits per heavy atom. The van der Waals surface area contributed by atoms with Crippen LogP contribution < -0.4 is 10.5 Å². The summed E-state index contributed by atoms with van der Waals surface area (Å²) in [5.74, 6) is -1.26. The maximum atomic E-state index is 14.6. The van der Waals surface area contributed by atoms with Crippen molar-refractivity contribution in [3.63, 3.8) is 0 Å². The lowest BCUT2D eigenvalue weighted by atomic mass is 10.1. The number of anilines is 1. The molecular formula is C17H17Cl2FN2O3. The molecule has 1 aromatic carbocycles. The number of Topliss-reactive ketones (excluding diaryl/α,β-unsaturated/α-hetero) is 1. The van der Waals surface area contributed by atoms with Gasteiger partial charge in [0.2, 0.25) is 5.78 Å². The van der Waals surface area contributed by atoms with Crippen LogP contribution in [0.4, 0.5) is 10.1 Å². The van der Waals surface area contributed by atoms with Gasteiger partial charge in [0.25, 0.3) is 0 Å². The standard InChI is InChI=1S/C17H17Cl2FN2O3/c1-3-6-25-8-13(23)16-14(19)11(21)7-12(22-16)9-4-5-10(18)17(24-2)15(9)20/h4-5,7H,3,6,8H2,1-2H3,(H2,21,22). The van der Waals surface area contributed by atoms with Crippen molar-refractivity contribution in [2.75, 3.05) is 26.1 Å². The highest BCUT2D eigenvalue weighted by Gasteiger charge is 2.20. The second kappa shape index (κ2) is 8.47. The molecule has 134 valence electrons. The summed E-state index contributed by atoms with van der Waals surface area (Å²) in [5, 5.41) is 0.130. The van der Waals surface area contributed by atoms with Gasteiger partial charge in [-0.2, -0.15) is 0 Å². The van der Waals surface area contributed by atoms with Crippen LogP contribution in [-0.2, 0) is 4.74 Å². The van der Waals surface area contributed by atoms with Gasteiger partial charge in [0, 0.05) is 12.2 Å². The van der Waals surface area contributed by atoms with Crippen LogP contribution in [0, 0.1) is 5.82 Å². The van der Waals surface area contributed by atoms with E-state index in [2.05, 4.69) is 4.98 Å². The zero-order valence-electron chi connectivity index (χ0n) is 13.7. The molecule has 0 fully saturated rings. The van der Waals surface area contributed by atoms with E-state index in [0.29, 0.717) is 6.61 Å². The number of carbonyl (C=O) groups is 1. The van der Waals surface area contributed by atoms with Crippen LogP contribution in [0.5, 0.6) is 5.75 Å². The predicted molar refractivity (Wildman–Crippen MR) is 96.1 cm³/mol. The fourth-order valence-electron chi connectivity index (χ4n) is 2.17. The zero-order chi connectivity index (χ0) is 18.6. The number of benzene rings is 1. The second-order valence-electron chi connectivity index (χ2n) is 5.18. The number of aromatic nitrogens is 1. The number of nitrogens with zero attached hydrogens (tertiary/aromatic N) is 1. The molecule has 25 heavy (non-hydrogen) atoms. The molecule has 1 aromatic heterocycles. The van der Waals surface area contributed by atoms with Gasteiger partial charge in [0.05, 0.1) is 28.5 Å². The molecule has 5 nitrogen and oxygen atoms in total. The predicted octanol–water partition coefficient (Wildman–Crippen LogP) is 4.39. The molecule has 0 amide bonds. The molecule has 0 aliphatic heterocycles. The Bertz CT molecular complexity index is 800. The van der Waals surface area contributed by atoms with Crippen molar-refractivity contribution in [3.8, 4) is 17.0 Å². The minimum absolute atomic E-state index is 0.00943. The van der Waals surface area contributed by atoms with E-state index in [1.54, 1.807) is 0 Å². The quantitative estimate of drug-likeness (QED) is 0.563. The van der Waals surface area contributed by atoms with E-state index < -0.39 is 11.6 Å². The monoisotopic (exact) mass is 386 g/mol. The van der Waals surface area contributed by atoms with Crippen molar-refractivity contribution in [2.45, 2.75) is 13.3 Å². The lowest BCUT2D eigenvalue weighted by Crippen LogP contribution is -2.13. The average Bonchev–Trinajstić information content (AvgIpc) is 2.58. The first-order chi connectivity index (χ1) is 11.9. The first kappa shape index (κ1) is 19.4. The van der Waals surface area contributed by atoms with Crippen LogP contribution >= 0.6 is 23.2 Å². The first-order valence-corrected chi connectivity index (χ1v) is 8.25. The van der Waals surface area contributed by atoms with Crippen molar-refractivity contribution in [2.24, 2.45) is 0 Å². The highest BCUT2D eigenvalue weighted by Crippen LogP contribution is 2.36. The number of pyridine rings is 1. The lowest BCUT2D eigenvalue weighted by molar-refractivity contribution is 0.0757. The number of hydrogen-bond donors (Lipinski definition) is 1. The Hall–Kier alpha value is -1.89. The van der Waals surface area contributed by atoms with Gasteiger partial charge in [0.15, 0.2) is 11.6 Å². The van der Waals surface area contributed by atoms with E-state index >= 15 is 0 Å². The highest BCUT2D eigenvalue weighted by atomic mass is 35.5. The van der Waals surface area contributed by atoms with Gasteiger partial charge in [-0.3, -0.25) is 4.79 Å². The lowest BCUT2D eigenvalue weighted by Gasteiger charge is -2.12. The molecule has 0 bridgehead atoms. The van der Waals surface area contributed by atoms with Gasteiger partial charge in [-0.1, -0.05) is 30.1 Å². The van der Waals surface area contributed by atoms with Crippen molar-refractivity contribution >= 4 is 34.7 Å². The molecule has 0 saturated heterocycles. The van der Waals surface area contributed by atoms with E-state index in [1.807, 2.05) is 6.92 Å². The number of nitrogen functional groups attached to an aromatic ring is 1. The highest BCUT2D eigenvalue weighted by molar-refractivity contribution is 6.36. The molecule has 2 N–H and O–H groups in total. The molecular weight excluding hydrogens is 370 g/mol. The van der Waals surface area contributed by atoms with Crippen LogP contribution in [0.2, 0.25) is 10.0 Å². The SMILES string of the molecule is CCCOCC(=O)c1nc(-c2ccc(Cl)c(OC)c2F)cc(N)c1Cl. The normalized spacial score (nSPS) is 10.8. The topological polar surface area (TPSA) is 74.4 Å². The van der Waals surface area contributed by atoms with Crippen molar-refractivity contribution in [1.82, 2.24) is 4.98 Å². The Morgan fingerprint density at radius 1 is 1.36 bits per heavy atom. The van der Waals surface area contributed by atoms with Crippen LogP contribution in [0.15, 0.2) is 18.2 Å². The second-order valence-corrected chi connectivity index (χ2v) is 5.96. The summed E-state index contributed by atoms with van der Waals surface area (Å²) in [7, 11) is 1.30. The van der Waals surface area contributed by atoms with E-state index in [1.165, 1.54) is 25.3 Å². The molecule has 0 spiro atoms. The van der Waals surface area contributed by atoms with Gasteiger partial charge < -0.3 is 15.2 Å². The summed E-state index contributed by atoms with van der Waals surface area (Å²) in [6.07, 6.45) is 0.770. The number of ketones is 1. The third-order valence-electron chi connectivity index (χ3n) is 3.36. The number of hydrogen-bond acceptors (Lipinski definition) is 5. The van der Waals surface area contributed by atoms with Crippen molar-refractivity contribution < 1.29 is 18.7 Å². The third kappa shape index (κ3) is 4.21. The van der Waals surface area contributed by atoms with E-state index in [0.717, 1.165) is 6.42 Å². The molecule has 8 heteroatoms. The van der Waals surface area contributed by atoms with Crippen LogP contribution in [0.25, 0.3) is 11.3 Å². The summed E-state index contributed by atoms with van der Waals surface area (Å²) < 4.78 is 24.8. The van der Waals surface area contributed by atoms with Gasteiger partial charge in [-0.05, 0) is 24.6 Å². The Kier molecular flexibility index (Phi) is 6.58. The smallest absolute Gasteiger partial charge is 0.208 e. The summed E-state index contributed by atoms with van der Waals surface area (Å²) in [5.41, 5.74) is 6.14. The number of rotatable bonds is 7. The Labute approximate surface area is 154 Å². The van der Waals surface area contributed by atoms with Crippen molar-refractivity contribution in [3.05, 3.63) is 39.8 Å². The summed E-state index contributed by atoms with van der Waals surface area (Å²) in [6, 6.07) is 4.28. The number of halogens is 3. The van der Waals surface area contributed by atoms with Gasteiger partial charge in [0.1, 0.15) is 12.3 Å². The Morgan fingerprint density at radius 2 is 2.08 bits per heavy atom. The molecule has 1 heterocycles. The molecule has 0 saturated carbocycles. The van der Waals surface area contributed by atoms with Crippen LogP contribution in [0.3, 0.4) is 0 Å². The summed E-state index contributed by atoms with van der Waals surface area (Å²) in [4.78, 5) is 16.4. The molecule has 0 radical (unpaired) electrons. The number of carbonyl (C=O) groups excluding carboxylic acids is 1. The van der Waals surface area contributed by atoms with E-state index in [-0.39, 0.29) is 45.0 Å². The largest absolute Gasteiger partial charge is 0.492 e. The van der Waals surface area contributed by atoms with E-state index in [4.69, 9.17) is 38.4 Å². The van der Waals surface area contributed by atoms with Crippen LogP contribution in [0.1, 0.15) is 23.8 Å². The Balaban J connectivity index is 2.49. The zero-order valence-corrected chi connectivity index (χ0v) is 15.2. The van der Waals surface area contributed by atoms with Gasteiger partial charge >= 0.3 is 0 Å². The average molecular weight is 387 g/mol. The number of methoxy groups -OCH3 is 1. The minimum atomic E-state index is -0.704. The summed E-state index contributed by atoms with van der Waals surface area (Å²) in [6.45, 7) is 2.17. The maximum absolute atomic E-state index is 14.6. The molecule has 2 aromatic rings. The molecule has 0 atom stereocenters. The minimum Gasteiger partial charge on any atom is -0.492 e. The number of ether oxygens (including phenoxy) is 2. The van der Waals surface area contributed by atoms with E-state index in [9.17, 15) is 9.18 Å². The number of nitrogens with two attached hydrogens (primary N) is 1.